The van der Waals surface area contributed by atoms with Gasteiger partial charge in [-0.1, -0.05) is 30.3 Å². The molecule has 3 rings (SSSR count). The zero-order valence-corrected chi connectivity index (χ0v) is 15.1. The van der Waals surface area contributed by atoms with E-state index >= 15 is 0 Å². The molecule has 3 aromatic rings. The molecule has 2 N–H and O–H groups in total. The number of rotatable bonds is 7. The second kappa shape index (κ2) is 8.89. The summed E-state index contributed by atoms with van der Waals surface area (Å²) in [7, 11) is 0. The standard InChI is InChI=1S/C21H21FN4O/c1-15-14-19(20(27)25-18-11-9-17(22)10-12-18)26-21(24-15)23-13-5-8-16-6-3-2-4-7-16/h2-4,6-7,9-12,14H,5,8,13H2,1H3,(H,25,27)(H,23,24,26). The van der Waals surface area contributed by atoms with Crippen molar-refractivity contribution < 1.29 is 9.18 Å². The smallest absolute Gasteiger partial charge is 0.274 e. The molecule has 0 atom stereocenters. The van der Waals surface area contributed by atoms with Crippen molar-refractivity contribution in [3.05, 3.63) is 83.4 Å². The number of carbonyl (C=O) groups is 1. The molecule has 138 valence electrons. The normalized spacial score (nSPS) is 10.4. The molecule has 1 amide bonds. The summed E-state index contributed by atoms with van der Waals surface area (Å²) in [5.41, 5.74) is 2.75. The van der Waals surface area contributed by atoms with Gasteiger partial charge in [-0.25, -0.2) is 14.4 Å². The molecule has 0 fully saturated rings. The van der Waals surface area contributed by atoms with E-state index in [0.29, 0.717) is 23.9 Å². The Balaban J connectivity index is 1.58. The van der Waals surface area contributed by atoms with Gasteiger partial charge >= 0.3 is 0 Å². The molecule has 0 saturated carbocycles. The van der Waals surface area contributed by atoms with E-state index in [1.54, 1.807) is 6.07 Å². The van der Waals surface area contributed by atoms with Crippen LogP contribution in [0.4, 0.5) is 16.0 Å². The first-order valence-electron chi connectivity index (χ1n) is 8.80. The van der Waals surface area contributed by atoms with E-state index in [1.165, 1.54) is 29.8 Å². The maximum atomic E-state index is 13.0. The summed E-state index contributed by atoms with van der Waals surface area (Å²) in [6, 6.07) is 17.5. The van der Waals surface area contributed by atoms with Crippen LogP contribution < -0.4 is 10.6 Å². The number of aryl methyl sites for hydroxylation is 2. The number of benzene rings is 2. The van der Waals surface area contributed by atoms with Crippen molar-refractivity contribution in [2.45, 2.75) is 19.8 Å². The number of amides is 1. The van der Waals surface area contributed by atoms with Gasteiger partial charge in [-0.3, -0.25) is 4.79 Å². The van der Waals surface area contributed by atoms with Crippen LogP contribution in [0.15, 0.2) is 60.7 Å². The highest BCUT2D eigenvalue weighted by Gasteiger charge is 2.11. The number of aromatic nitrogens is 2. The predicted octanol–water partition coefficient (Wildman–Crippen LogP) is 4.22. The number of hydrogen-bond donors (Lipinski definition) is 2. The first-order chi connectivity index (χ1) is 13.1. The third kappa shape index (κ3) is 5.60. The fraction of sp³-hybridized carbons (Fsp3) is 0.190. The average molecular weight is 364 g/mol. The van der Waals surface area contributed by atoms with Gasteiger partial charge < -0.3 is 10.6 Å². The first kappa shape index (κ1) is 18.5. The summed E-state index contributed by atoms with van der Waals surface area (Å²) in [6.45, 7) is 2.52. The van der Waals surface area contributed by atoms with Crippen LogP contribution in [0.25, 0.3) is 0 Å². The Hall–Kier alpha value is -3.28. The molecule has 0 spiro atoms. The molecule has 27 heavy (non-hydrogen) atoms. The fourth-order valence-corrected chi connectivity index (χ4v) is 2.63. The van der Waals surface area contributed by atoms with Crippen molar-refractivity contribution in [1.29, 1.82) is 0 Å². The van der Waals surface area contributed by atoms with Crippen LogP contribution in [-0.2, 0) is 6.42 Å². The second-order valence-corrected chi connectivity index (χ2v) is 6.20. The Morgan fingerprint density at radius 2 is 1.78 bits per heavy atom. The van der Waals surface area contributed by atoms with Crippen molar-refractivity contribution in [1.82, 2.24) is 9.97 Å². The lowest BCUT2D eigenvalue weighted by Gasteiger charge is -2.09. The summed E-state index contributed by atoms with van der Waals surface area (Å²) in [4.78, 5) is 21.0. The molecule has 0 bridgehead atoms. The fourth-order valence-electron chi connectivity index (χ4n) is 2.63. The molecular weight excluding hydrogens is 343 g/mol. The number of carbonyl (C=O) groups excluding carboxylic acids is 1. The van der Waals surface area contributed by atoms with Gasteiger partial charge in [0.05, 0.1) is 0 Å². The van der Waals surface area contributed by atoms with Crippen LogP contribution in [0.5, 0.6) is 0 Å². The Morgan fingerprint density at radius 1 is 1.04 bits per heavy atom. The molecule has 0 aliphatic rings. The zero-order chi connectivity index (χ0) is 19.1. The van der Waals surface area contributed by atoms with Crippen LogP contribution in [0.1, 0.15) is 28.2 Å². The Bertz CT molecular complexity index is 898. The third-order valence-corrected chi connectivity index (χ3v) is 3.96. The third-order valence-electron chi connectivity index (χ3n) is 3.96. The minimum atomic E-state index is -0.362. The molecule has 0 radical (unpaired) electrons. The van der Waals surface area contributed by atoms with Crippen LogP contribution in [0.3, 0.4) is 0 Å². The number of anilines is 2. The Kier molecular flexibility index (Phi) is 6.10. The van der Waals surface area contributed by atoms with Gasteiger partial charge in [-0.2, -0.15) is 0 Å². The lowest BCUT2D eigenvalue weighted by molar-refractivity contribution is 0.102. The summed E-state index contributed by atoms with van der Waals surface area (Å²) in [5.74, 6) is -0.292. The molecule has 0 unspecified atom stereocenters. The first-order valence-corrected chi connectivity index (χ1v) is 8.80. The van der Waals surface area contributed by atoms with Crippen LogP contribution >= 0.6 is 0 Å². The number of nitrogens with one attached hydrogen (secondary N) is 2. The number of halogens is 1. The van der Waals surface area contributed by atoms with E-state index in [-0.39, 0.29) is 17.4 Å². The van der Waals surface area contributed by atoms with Gasteiger partial charge in [0.1, 0.15) is 11.5 Å². The Labute approximate surface area is 157 Å². The second-order valence-electron chi connectivity index (χ2n) is 6.20. The largest absolute Gasteiger partial charge is 0.354 e. The van der Waals surface area contributed by atoms with E-state index in [2.05, 4.69) is 32.7 Å². The van der Waals surface area contributed by atoms with Crippen molar-refractivity contribution in [2.75, 3.05) is 17.2 Å². The highest BCUT2D eigenvalue weighted by atomic mass is 19.1. The van der Waals surface area contributed by atoms with Crippen LogP contribution in [-0.4, -0.2) is 22.4 Å². The maximum Gasteiger partial charge on any atom is 0.274 e. The van der Waals surface area contributed by atoms with Crippen molar-refractivity contribution in [3.63, 3.8) is 0 Å². The zero-order valence-electron chi connectivity index (χ0n) is 15.1. The van der Waals surface area contributed by atoms with Gasteiger partial charge in [-0.05, 0) is 55.7 Å². The Morgan fingerprint density at radius 3 is 2.52 bits per heavy atom. The van der Waals surface area contributed by atoms with Gasteiger partial charge in [0, 0.05) is 17.9 Å². The summed E-state index contributed by atoms with van der Waals surface area (Å²) in [6.07, 6.45) is 1.88. The molecule has 0 saturated heterocycles. The lowest BCUT2D eigenvalue weighted by Crippen LogP contribution is -2.16. The number of nitrogens with zero attached hydrogens (tertiary/aromatic N) is 2. The SMILES string of the molecule is Cc1cc(C(=O)Nc2ccc(F)cc2)nc(NCCCc2ccccc2)n1. The van der Waals surface area contributed by atoms with Crippen molar-refractivity contribution >= 4 is 17.5 Å². The monoisotopic (exact) mass is 364 g/mol. The van der Waals surface area contributed by atoms with Gasteiger partial charge in [0.2, 0.25) is 5.95 Å². The minimum absolute atomic E-state index is 0.261. The van der Waals surface area contributed by atoms with E-state index in [4.69, 9.17) is 0 Å². The summed E-state index contributed by atoms with van der Waals surface area (Å²) >= 11 is 0. The lowest BCUT2D eigenvalue weighted by atomic mass is 10.1. The predicted molar refractivity (Wildman–Crippen MR) is 104 cm³/mol. The molecule has 5 nitrogen and oxygen atoms in total. The maximum absolute atomic E-state index is 13.0. The molecule has 1 aromatic heterocycles. The van der Waals surface area contributed by atoms with Crippen LogP contribution in [0, 0.1) is 12.7 Å². The topological polar surface area (TPSA) is 66.9 Å². The van der Waals surface area contributed by atoms with E-state index in [1.807, 2.05) is 25.1 Å². The van der Waals surface area contributed by atoms with Crippen LogP contribution in [0.2, 0.25) is 0 Å². The summed E-state index contributed by atoms with van der Waals surface area (Å²) < 4.78 is 13.0. The van der Waals surface area contributed by atoms with E-state index in [9.17, 15) is 9.18 Å². The molecular formula is C21H21FN4O. The van der Waals surface area contributed by atoms with Gasteiger partial charge in [0.15, 0.2) is 0 Å². The highest BCUT2D eigenvalue weighted by molar-refractivity contribution is 6.03. The molecule has 2 aromatic carbocycles. The van der Waals surface area contributed by atoms with Gasteiger partial charge in [-0.15, -0.1) is 0 Å². The average Bonchev–Trinajstić information content (AvgIpc) is 2.67. The minimum Gasteiger partial charge on any atom is -0.354 e. The quantitative estimate of drug-likeness (QED) is 0.616. The number of hydrogen-bond acceptors (Lipinski definition) is 4. The van der Waals surface area contributed by atoms with E-state index < -0.39 is 0 Å². The molecule has 0 aliphatic heterocycles. The van der Waals surface area contributed by atoms with Gasteiger partial charge in [0.25, 0.3) is 5.91 Å². The molecule has 1 heterocycles. The van der Waals surface area contributed by atoms with E-state index in [0.717, 1.165) is 12.8 Å². The molecule has 6 heteroatoms. The highest BCUT2D eigenvalue weighted by Crippen LogP contribution is 2.12. The van der Waals surface area contributed by atoms with Crippen molar-refractivity contribution in [3.8, 4) is 0 Å². The van der Waals surface area contributed by atoms with Crippen molar-refractivity contribution in [2.24, 2.45) is 0 Å². The molecule has 0 aliphatic carbocycles. The summed E-state index contributed by atoms with van der Waals surface area (Å²) in [5, 5.41) is 5.88.